The summed E-state index contributed by atoms with van der Waals surface area (Å²) in [5.41, 5.74) is 0. The van der Waals surface area contributed by atoms with Crippen molar-refractivity contribution >= 4 is 21.7 Å². The smallest absolute Gasteiger partial charge is 0.339 e. The van der Waals surface area contributed by atoms with Gasteiger partial charge in [0.1, 0.15) is 16.4 Å². The Bertz CT molecular complexity index is 633. The molecule has 0 aliphatic carbocycles. The Hall–Kier alpha value is -1.72. The van der Waals surface area contributed by atoms with Crippen LogP contribution in [0.1, 0.15) is 0 Å². The van der Waals surface area contributed by atoms with Crippen molar-refractivity contribution in [2.45, 2.75) is 4.90 Å². The molecule has 1 N–H and O–H groups in total. The topological polar surface area (TPSA) is 63.6 Å². The molecule has 6 heteroatoms. The minimum Gasteiger partial charge on any atom is -0.508 e. The minimum atomic E-state index is -3.92. The van der Waals surface area contributed by atoms with Gasteiger partial charge in [-0.25, -0.2) is 0 Å². The largest absolute Gasteiger partial charge is 0.508 e. The van der Waals surface area contributed by atoms with Gasteiger partial charge in [-0.3, -0.25) is 0 Å². The highest BCUT2D eigenvalue weighted by molar-refractivity contribution is 7.87. The predicted molar refractivity (Wildman–Crippen MR) is 67.4 cm³/mol. The molecule has 4 nitrogen and oxygen atoms in total. The first-order chi connectivity index (χ1) is 8.47. The molecule has 0 saturated heterocycles. The highest BCUT2D eigenvalue weighted by Gasteiger charge is 2.16. The average molecular weight is 285 g/mol. The van der Waals surface area contributed by atoms with Crippen LogP contribution in [0.5, 0.6) is 11.5 Å². The second-order valence-corrected chi connectivity index (χ2v) is 5.48. The maximum absolute atomic E-state index is 11.9. The van der Waals surface area contributed by atoms with Crippen LogP contribution in [-0.2, 0) is 10.1 Å². The lowest BCUT2D eigenvalue weighted by Gasteiger charge is -2.07. The summed E-state index contributed by atoms with van der Waals surface area (Å²) in [4.78, 5) is 0.0319. The van der Waals surface area contributed by atoms with Crippen molar-refractivity contribution < 1.29 is 17.7 Å². The standard InChI is InChI=1S/C12H9ClO4S/c13-9-6-10(14)8-11(7-9)17-18(15,16)12-4-2-1-3-5-12/h1-8,14H. The molecule has 0 atom stereocenters. The summed E-state index contributed by atoms with van der Waals surface area (Å²) in [6.45, 7) is 0. The molecule has 2 aromatic carbocycles. The van der Waals surface area contributed by atoms with Gasteiger partial charge < -0.3 is 9.29 Å². The molecule has 0 amide bonds. The maximum atomic E-state index is 11.9. The van der Waals surface area contributed by atoms with Crippen molar-refractivity contribution in [3.05, 3.63) is 53.6 Å². The van der Waals surface area contributed by atoms with Crippen LogP contribution in [0.4, 0.5) is 0 Å². The first-order valence-corrected chi connectivity index (χ1v) is 6.75. The highest BCUT2D eigenvalue weighted by Crippen LogP contribution is 2.27. The molecule has 18 heavy (non-hydrogen) atoms. The fraction of sp³-hybridized carbons (Fsp3) is 0. The predicted octanol–water partition coefficient (Wildman–Crippen LogP) is 2.81. The molecular formula is C12H9ClO4S. The van der Waals surface area contributed by atoms with Crippen molar-refractivity contribution in [2.24, 2.45) is 0 Å². The van der Waals surface area contributed by atoms with E-state index in [0.717, 1.165) is 0 Å². The van der Waals surface area contributed by atoms with Gasteiger partial charge in [0, 0.05) is 17.2 Å². The van der Waals surface area contributed by atoms with E-state index in [4.69, 9.17) is 15.8 Å². The van der Waals surface area contributed by atoms with E-state index >= 15 is 0 Å². The van der Waals surface area contributed by atoms with Gasteiger partial charge in [-0.15, -0.1) is 0 Å². The van der Waals surface area contributed by atoms with Gasteiger partial charge in [0.15, 0.2) is 0 Å². The zero-order chi connectivity index (χ0) is 13.2. The summed E-state index contributed by atoms with van der Waals surface area (Å²) >= 11 is 5.69. The van der Waals surface area contributed by atoms with Gasteiger partial charge in [-0.2, -0.15) is 8.42 Å². The third kappa shape index (κ3) is 2.94. The molecule has 2 rings (SSSR count). The molecule has 94 valence electrons. The highest BCUT2D eigenvalue weighted by atomic mass is 35.5. The summed E-state index contributed by atoms with van der Waals surface area (Å²) < 4.78 is 28.6. The number of hydrogen-bond donors (Lipinski definition) is 1. The van der Waals surface area contributed by atoms with E-state index in [1.807, 2.05) is 0 Å². The molecule has 0 bridgehead atoms. The molecule has 0 aromatic heterocycles. The third-order valence-electron chi connectivity index (χ3n) is 2.09. The summed E-state index contributed by atoms with van der Waals surface area (Å²) in [5.74, 6) is -0.204. The number of phenols is 1. The van der Waals surface area contributed by atoms with Crippen LogP contribution in [0.2, 0.25) is 5.02 Å². The van der Waals surface area contributed by atoms with Gasteiger partial charge >= 0.3 is 10.1 Å². The van der Waals surface area contributed by atoms with Crippen molar-refractivity contribution in [3.8, 4) is 11.5 Å². The summed E-state index contributed by atoms with van der Waals surface area (Å²) in [6, 6.07) is 11.5. The van der Waals surface area contributed by atoms with Gasteiger partial charge in [0.05, 0.1) is 0 Å². The lowest BCUT2D eigenvalue weighted by atomic mass is 10.3. The molecule has 0 spiro atoms. The molecule has 0 aliphatic rings. The average Bonchev–Trinajstić information content (AvgIpc) is 2.28. The van der Waals surface area contributed by atoms with Crippen molar-refractivity contribution in [1.82, 2.24) is 0 Å². The number of halogens is 1. The molecule has 0 saturated carbocycles. The lowest BCUT2D eigenvalue weighted by molar-refractivity contribution is 0.463. The summed E-state index contributed by atoms with van der Waals surface area (Å²) in [7, 11) is -3.92. The number of aromatic hydroxyl groups is 1. The number of benzene rings is 2. The van der Waals surface area contributed by atoms with Crippen LogP contribution in [0.25, 0.3) is 0 Å². The van der Waals surface area contributed by atoms with Crippen LogP contribution in [0, 0.1) is 0 Å². The number of phenolic OH excluding ortho intramolecular Hbond substituents is 1. The molecular weight excluding hydrogens is 276 g/mol. The Morgan fingerprint density at radius 3 is 2.33 bits per heavy atom. The summed E-state index contributed by atoms with van der Waals surface area (Å²) in [6.07, 6.45) is 0. The van der Waals surface area contributed by atoms with Gasteiger partial charge in [-0.1, -0.05) is 29.8 Å². The molecule has 0 fully saturated rings. The molecule has 0 unspecified atom stereocenters. The third-order valence-corrected chi connectivity index (χ3v) is 3.57. The van der Waals surface area contributed by atoms with Crippen molar-refractivity contribution in [1.29, 1.82) is 0 Å². The Morgan fingerprint density at radius 1 is 1.06 bits per heavy atom. The van der Waals surface area contributed by atoms with Crippen LogP contribution < -0.4 is 4.18 Å². The normalized spacial score (nSPS) is 11.2. The minimum absolute atomic E-state index is 0.0319. The van der Waals surface area contributed by atoms with E-state index in [-0.39, 0.29) is 21.4 Å². The second-order valence-electron chi connectivity index (χ2n) is 3.50. The zero-order valence-electron chi connectivity index (χ0n) is 9.08. The van der Waals surface area contributed by atoms with E-state index in [1.165, 1.54) is 30.3 Å². The van der Waals surface area contributed by atoms with E-state index < -0.39 is 10.1 Å². The fourth-order valence-corrected chi connectivity index (χ4v) is 2.51. The Labute approximate surface area is 110 Å². The van der Waals surface area contributed by atoms with E-state index in [9.17, 15) is 13.5 Å². The quantitative estimate of drug-likeness (QED) is 0.880. The molecule has 0 aliphatic heterocycles. The van der Waals surface area contributed by atoms with E-state index in [1.54, 1.807) is 18.2 Å². The zero-order valence-corrected chi connectivity index (χ0v) is 10.6. The fourth-order valence-electron chi connectivity index (χ4n) is 1.36. The lowest BCUT2D eigenvalue weighted by Crippen LogP contribution is -2.09. The SMILES string of the molecule is O=S(=O)(Oc1cc(O)cc(Cl)c1)c1ccccc1. The van der Waals surface area contributed by atoms with Crippen LogP contribution in [-0.4, -0.2) is 13.5 Å². The summed E-state index contributed by atoms with van der Waals surface area (Å²) in [5, 5.41) is 9.49. The van der Waals surface area contributed by atoms with E-state index in [0.29, 0.717) is 0 Å². The first kappa shape index (κ1) is 12.7. The Kier molecular flexibility index (Phi) is 3.45. The molecule has 2 aromatic rings. The first-order valence-electron chi connectivity index (χ1n) is 4.96. The van der Waals surface area contributed by atoms with Crippen molar-refractivity contribution in [3.63, 3.8) is 0 Å². The maximum Gasteiger partial charge on any atom is 0.339 e. The second kappa shape index (κ2) is 4.88. The van der Waals surface area contributed by atoms with E-state index in [2.05, 4.69) is 0 Å². The van der Waals surface area contributed by atoms with Crippen molar-refractivity contribution in [2.75, 3.05) is 0 Å². The Morgan fingerprint density at radius 2 is 1.72 bits per heavy atom. The number of hydrogen-bond acceptors (Lipinski definition) is 4. The molecule has 0 heterocycles. The monoisotopic (exact) mass is 284 g/mol. The van der Waals surface area contributed by atoms with Gasteiger partial charge in [0.2, 0.25) is 0 Å². The van der Waals surface area contributed by atoms with Crippen LogP contribution >= 0.6 is 11.6 Å². The molecule has 0 radical (unpaired) electrons. The Balaban J connectivity index is 2.34. The van der Waals surface area contributed by atoms with Gasteiger partial charge in [-0.05, 0) is 18.2 Å². The van der Waals surface area contributed by atoms with Crippen LogP contribution in [0.3, 0.4) is 0 Å². The van der Waals surface area contributed by atoms with Crippen LogP contribution in [0.15, 0.2) is 53.4 Å². The number of rotatable bonds is 3. The van der Waals surface area contributed by atoms with Gasteiger partial charge in [0.25, 0.3) is 0 Å².